The van der Waals surface area contributed by atoms with Gasteiger partial charge < -0.3 is 14.0 Å². The lowest BCUT2D eigenvalue weighted by molar-refractivity contribution is -0.0464. The summed E-state index contributed by atoms with van der Waals surface area (Å²) in [6.07, 6.45) is 9.71. The summed E-state index contributed by atoms with van der Waals surface area (Å²) in [4.78, 5) is 17.2. The van der Waals surface area contributed by atoms with Gasteiger partial charge in [0.05, 0.1) is 31.3 Å². The molecule has 0 N–H and O–H groups in total. The second kappa shape index (κ2) is 7.23. The fourth-order valence-corrected chi connectivity index (χ4v) is 4.06. The number of aromatic nitrogens is 2. The molecule has 1 saturated heterocycles. The maximum Gasteiger partial charge on any atom is 0.357 e. The van der Waals surface area contributed by atoms with Crippen molar-refractivity contribution in [2.45, 2.75) is 63.2 Å². The van der Waals surface area contributed by atoms with Crippen molar-refractivity contribution >= 4 is 5.97 Å². The Kier molecular flexibility index (Phi) is 4.81. The smallest absolute Gasteiger partial charge is 0.357 e. The van der Waals surface area contributed by atoms with Crippen LogP contribution in [0, 0.1) is 0 Å². The van der Waals surface area contributed by atoms with Crippen LogP contribution in [0.1, 0.15) is 67.5 Å². The summed E-state index contributed by atoms with van der Waals surface area (Å²) >= 11 is 0. The molecule has 1 aromatic carbocycles. The van der Waals surface area contributed by atoms with E-state index in [2.05, 4.69) is 24.0 Å². The number of esters is 1. The molecule has 1 aliphatic carbocycles. The molecule has 1 saturated carbocycles. The maximum absolute atomic E-state index is 13.0. The first-order valence-electron chi connectivity index (χ1n) is 9.59. The van der Waals surface area contributed by atoms with Gasteiger partial charge in [-0.05, 0) is 38.2 Å². The van der Waals surface area contributed by atoms with Gasteiger partial charge in [-0.3, -0.25) is 0 Å². The molecule has 138 valence electrons. The summed E-state index contributed by atoms with van der Waals surface area (Å²) in [5, 5.41) is 0. The summed E-state index contributed by atoms with van der Waals surface area (Å²) < 4.78 is 13.4. The molecule has 1 aromatic heterocycles. The van der Waals surface area contributed by atoms with Crippen LogP contribution < -0.4 is 0 Å². The van der Waals surface area contributed by atoms with Gasteiger partial charge in [-0.25, -0.2) is 9.78 Å². The molecule has 0 radical (unpaired) electrons. The Morgan fingerprint density at radius 3 is 2.73 bits per heavy atom. The van der Waals surface area contributed by atoms with Gasteiger partial charge in [0, 0.05) is 6.42 Å². The van der Waals surface area contributed by atoms with E-state index >= 15 is 0 Å². The molecule has 2 heterocycles. The van der Waals surface area contributed by atoms with Gasteiger partial charge >= 0.3 is 5.97 Å². The number of hydrogen-bond acceptors (Lipinski definition) is 4. The van der Waals surface area contributed by atoms with Gasteiger partial charge in [0.1, 0.15) is 11.3 Å². The van der Waals surface area contributed by atoms with Gasteiger partial charge in [-0.1, -0.05) is 36.8 Å². The quantitative estimate of drug-likeness (QED) is 0.578. The Morgan fingerprint density at radius 2 is 2.04 bits per heavy atom. The van der Waals surface area contributed by atoms with E-state index in [0.717, 1.165) is 44.3 Å². The van der Waals surface area contributed by atoms with Gasteiger partial charge in [-0.2, -0.15) is 0 Å². The molecule has 2 fully saturated rings. The van der Waals surface area contributed by atoms with E-state index in [1.54, 1.807) is 12.5 Å². The van der Waals surface area contributed by atoms with Crippen molar-refractivity contribution in [1.29, 1.82) is 0 Å². The molecule has 0 bridgehead atoms. The standard InChI is InChI=1S/C21H26N2O3/c1-16(17-8-4-2-5-9-17)23-15-22-13-19(23)20(24)26-21(12-18-14-25-18)10-6-3-7-11-21/h2,4-5,8-9,13,15-16,18H,3,6-7,10-12,14H2,1H3. The first-order chi connectivity index (χ1) is 12.7. The van der Waals surface area contributed by atoms with E-state index in [0.29, 0.717) is 5.69 Å². The highest BCUT2D eigenvalue weighted by Crippen LogP contribution is 2.39. The fraction of sp³-hybridized carbons (Fsp3) is 0.524. The lowest BCUT2D eigenvalue weighted by Crippen LogP contribution is -2.39. The maximum atomic E-state index is 13.0. The van der Waals surface area contributed by atoms with Crippen LogP contribution in [-0.2, 0) is 9.47 Å². The monoisotopic (exact) mass is 354 g/mol. The van der Waals surface area contributed by atoms with Crippen LogP contribution in [0.3, 0.4) is 0 Å². The number of hydrogen-bond donors (Lipinski definition) is 0. The summed E-state index contributed by atoms with van der Waals surface area (Å²) in [6.45, 7) is 2.87. The second-order valence-electron chi connectivity index (χ2n) is 7.57. The molecule has 2 unspecified atom stereocenters. The number of benzene rings is 1. The highest BCUT2D eigenvalue weighted by molar-refractivity contribution is 5.87. The zero-order valence-electron chi connectivity index (χ0n) is 15.3. The molecule has 0 amide bonds. The molecule has 5 heteroatoms. The van der Waals surface area contributed by atoms with Crippen molar-refractivity contribution in [3.8, 4) is 0 Å². The average Bonchev–Trinajstić information content (AvgIpc) is 3.33. The van der Waals surface area contributed by atoms with Gasteiger partial charge in [0.25, 0.3) is 0 Å². The molecule has 4 rings (SSSR count). The van der Waals surface area contributed by atoms with E-state index in [4.69, 9.17) is 9.47 Å². The number of carbonyl (C=O) groups is 1. The Bertz CT molecular complexity index is 746. The van der Waals surface area contributed by atoms with Crippen LogP contribution in [0.15, 0.2) is 42.9 Å². The SMILES string of the molecule is CC(c1ccccc1)n1cncc1C(=O)OC1(CC2CO2)CCCCC1. The van der Waals surface area contributed by atoms with Crippen LogP contribution in [0.25, 0.3) is 0 Å². The van der Waals surface area contributed by atoms with E-state index < -0.39 is 0 Å². The van der Waals surface area contributed by atoms with Crippen LogP contribution in [0.4, 0.5) is 0 Å². The number of ether oxygens (including phenoxy) is 2. The Labute approximate surface area is 154 Å². The molecule has 0 spiro atoms. The first-order valence-corrected chi connectivity index (χ1v) is 9.59. The van der Waals surface area contributed by atoms with Crippen molar-refractivity contribution in [2.75, 3.05) is 6.61 Å². The normalized spacial score (nSPS) is 22.6. The number of epoxide rings is 1. The number of imidazole rings is 1. The van der Waals surface area contributed by atoms with Crippen molar-refractivity contribution in [2.24, 2.45) is 0 Å². The molecule has 26 heavy (non-hydrogen) atoms. The minimum atomic E-state index is -0.373. The third-order valence-corrected chi connectivity index (χ3v) is 5.65. The minimum absolute atomic E-state index is 0.0234. The molecular weight excluding hydrogens is 328 g/mol. The second-order valence-corrected chi connectivity index (χ2v) is 7.57. The Balaban J connectivity index is 1.54. The van der Waals surface area contributed by atoms with Crippen LogP contribution in [-0.4, -0.2) is 33.8 Å². The van der Waals surface area contributed by atoms with Crippen LogP contribution in [0.5, 0.6) is 0 Å². The van der Waals surface area contributed by atoms with E-state index in [1.165, 1.54) is 6.42 Å². The lowest BCUT2D eigenvalue weighted by Gasteiger charge is -2.36. The number of rotatable bonds is 6. The van der Waals surface area contributed by atoms with Crippen molar-refractivity contribution in [3.05, 3.63) is 54.1 Å². The summed E-state index contributed by atoms with van der Waals surface area (Å²) in [6, 6.07) is 10.2. The van der Waals surface area contributed by atoms with E-state index in [1.807, 2.05) is 22.8 Å². The summed E-state index contributed by atoms with van der Waals surface area (Å²) in [7, 11) is 0. The summed E-state index contributed by atoms with van der Waals surface area (Å²) in [5.74, 6) is -0.271. The summed E-state index contributed by atoms with van der Waals surface area (Å²) in [5.41, 5.74) is 1.28. The van der Waals surface area contributed by atoms with Gasteiger partial charge in [0.2, 0.25) is 0 Å². The van der Waals surface area contributed by atoms with Gasteiger partial charge in [0.15, 0.2) is 0 Å². The number of nitrogens with zero attached hydrogens (tertiary/aromatic N) is 2. The van der Waals surface area contributed by atoms with E-state index in [9.17, 15) is 4.79 Å². The van der Waals surface area contributed by atoms with Gasteiger partial charge in [-0.15, -0.1) is 0 Å². The van der Waals surface area contributed by atoms with Crippen molar-refractivity contribution in [3.63, 3.8) is 0 Å². The largest absolute Gasteiger partial charge is 0.454 e. The molecule has 2 aromatic rings. The van der Waals surface area contributed by atoms with Crippen molar-refractivity contribution in [1.82, 2.24) is 9.55 Å². The molecule has 1 aliphatic heterocycles. The Morgan fingerprint density at radius 1 is 1.31 bits per heavy atom. The zero-order chi connectivity index (χ0) is 18.0. The molecular formula is C21H26N2O3. The highest BCUT2D eigenvalue weighted by atomic mass is 16.6. The highest BCUT2D eigenvalue weighted by Gasteiger charge is 2.42. The van der Waals surface area contributed by atoms with Crippen LogP contribution >= 0.6 is 0 Å². The molecule has 2 aliphatic rings. The Hall–Kier alpha value is -2.14. The van der Waals surface area contributed by atoms with Crippen molar-refractivity contribution < 1.29 is 14.3 Å². The molecule has 2 atom stereocenters. The third-order valence-electron chi connectivity index (χ3n) is 5.65. The van der Waals surface area contributed by atoms with Crippen LogP contribution in [0.2, 0.25) is 0 Å². The predicted molar refractivity (Wildman–Crippen MR) is 98.1 cm³/mol. The fourth-order valence-electron chi connectivity index (χ4n) is 4.06. The lowest BCUT2D eigenvalue weighted by atomic mass is 9.81. The zero-order valence-corrected chi connectivity index (χ0v) is 15.3. The minimum Gasteiger partial charge on any atom is -0.454 e. The van der Waals surface area contributed by atoms with E-state index in [-0.39, 0.29) is 23.7 Å². The molecule has 5 nitrogen and oxygen atoms in total. The first kappa shape index (κ1) is 17.3. The predicted octanol–water partition coefficient (Wildman–Crippen LogP) is 4.14. The number of carbonyl (C=O) groups excluding carboxylic acids is 1. The average molecular weight is 354 g/mol. The third kappa shape index (κ3) is 3.68. The topological polar surface area (TPSA) is 56.7 Å².